The van der Waals surface area contributed by atoms with E-state index in [4.69, 9.17) is 8.92 Å². The van der Waals surface area contributed by atoms with E-state index >= 15 is 0 Å². The van der Waals surface area contributed by atoms with Crippen LogP contribution in [0.2, 0.25) is 0 Å². The predicted molar refractivity (Wildman–Crippen MR) is 109 cm³/mol. The molecule has 0 heterocycles. The number of carboxylic acids is 1. The fourth-order valence-electron chi connectivity index (χ4n) is 2.98. The van der Waals surface area contributed by atoms with Crippen LogP contribution in [0.15, 0.2) is 30.3 Å². The average Bonchev–Trinajstić information content (AvgIpc) is 2.63. The molecule has 1 aromatic carbocycles. The topological polar surface area (TPSA) is 119 Å². The zero-order chi connectivity index (χ0) is 22.1. The lowest BCUT2D eigenvalue weighted by Gasteiger charge is -2.37. The van der Waals surface area contributed by atoms with Crippen molar-refractivity contribution in [1.29, 1.82) is 0 Å². The van der Waals surface area contributed by atoms with Crippen LogP contribution in [0.1, 0.15) is 46.1 Å². The standard InChI is InChI=1S/C20H31NO7S/c1-5-17(28-29(25,26)13-9-12-21-15(2)22)20(3,4)18(19(23)24)27-14-16-10-7-6-8-11-16/h6-8,10-11,17-18H,5,9,12-14H2,1-4H3,(H,21,22)(H,23,24)/t17?,18-/m0/s1. The van der Waals surface area contributed by atoms with E-state index in [9.17, 15) is 23.1 Å². The minimum Gasteiger partial charge on any atom is -0.479 e. The Morgan fingerprint density at radius 1 is 1.21 bits per heavy atom. The van der Waals surface area contributed by atoms with Gasteiger partial charge >= 0.3 is 5.97 Å². The minimum absolute atomic E-state index is 0.0845. The number of carbonyl (C=O) groups is 2. The Morgan fingerprint density at radius 2 is 1.83 bits per heavy atom. The van der Waals surface area contributed by atoms with Crippen molar-refractivity contribution >= 4 is 22.0 Å². The maximum atomic E-state index is 12.3. The van der Waals surface area contributed by atoms with Crippen LogP contribution < -0.4 is 5.32 Å². The van der Waals surface area contributed by atoms with Gasteiger partial charge in [0.1, 0.15) is 0 Å². The summed E-state index contributed by atoms with van der Waals surface area (Å²) in [5, 5.41) is 12.2. The molecular formula is C20H31NO7S. The summed E-state index contributed by atoms with van der Waals surface area (Å²) in [5.41, 5.74) is -0.297. The molecule has 0 spiro atoms. The van der Waals surface area contributed by atoms with Crippen molar-refractivity contribution < 1.29 is 32.0 Å². The molecule has 0 saturated carbocycles. The number of benzene rings is 1. The Hall–Kier alpha value is -1.97. The van der Waals surface area contributed by atoms with E-state index < -0.39 is 33.7 Å². The van der Waals surface area contributed by atoms with E-state index in [1.165, 1.54) is 6.92 Å². The highest BCUT2D eigenvalue weighted by molar-refractivity contribution is 7.86. The van der Waals surface area contributed by atoms with Gasteiger partial charge < -0.3 is 15.2 Å². The maximum Gasteiger partial charge on any atom is 0.333 e. The van der Waals surface area contributed by atoms with Gasteiger partial charge in [-0.15, -0.1) is 0 Å². The SMILES string of the molecule is CCC(OS(=O)(=O)CCCNC(C)=O)C(C)(C)[C@@H](OCc1ccccc1)C(=O)O. The molecule has 1 aromatic rings. The van der Waals surface area contributed by atoms with Crippen LogP contribution >= 0.6 is 0 Å². The first-order chi connectivity index (χ1) is 13.5. The summed E-state index contributed by atoms with van der Waals surface area (Å²) in [6.07, 6.45) is -1.66. The molecule has 1 rings (SSSR count). The molecule has 0 bridgehead atoms. The third-order valence-corrected chi connectivity index (χ3v) is 5.88. The summed E-state index contributed by atoms with van der Waals surface area (Å²) in [6.45, 7) is 6.63. The number of hydrogen-bond acceptors (Lipinski definition) is 6. The lowest BCUT2D eigenvalue weighted by molar-refractivity contribution is -0.166. The van der Waals surface area contributed by atoms with Gasteiger partial charge in [-0.2, -0.15) is 8.42 Å². The number of carboxylic acid groups (broad SMARTS) is 1. The quantitative estimate of drug-likeness (QED) is 0.365. The highest BCUT2D eigenvalue weighted by atomic mass is 32.2. The van der Waals surface area contributed by atoms with Gasteiger partial charge in [0.25, 0.3) is 10.1 Å². The van der Waals surface area contributed by atoms with E-state index in [1.54, 1.807) is 20.8 Å². The summed E-state index contributed by atoms with van der Waals surface area (Å²) >= 11 is 0. The first-order valence-electron chi connectivity index (χ1n) is 9.53. The molecule has 0 aliphatic heterocycles. The second kappa shape index (κ2) is 11.3. The van der Waals surface area contributed by atoms with Crippen molar-refractivity contribution in [3.8, 4) is 0 Å². The van der Waals surface area contributed by atoms with Crippen LogP contribution in [-0.4, -0.2) is 49.9 Å². The number of hydrogen-bond donors (Lipinski definition) is 2. The van der Waals surface area contributed by atoms with Gasteiger partial charge in [-0.1, -0.05) is 51.1 Å². The Balaban J connectivity index is 2.83. The Bertz CT molecular complexity index is 762. The van der Waals surface area contributed by atoms with Crippen molar-refractivity contribution in [3.05, 3.63) is 35.9 Å². The molecule has 0 aliphatic carbocycles. The molecule has 0 aliphatic rings. The Morgan fingerprint density at radius 3 is 2.34 bits per heavy atom. The molecule has 2 atom stereocenters. The smallest absolute Gasteiger partial charge is 0.333 e. The number of rotatable bonds is 13. The summed E-state index contributed by atoms with van der Waals surface area (Å²) in [6, 6.07) is 9.13. The minimum atomic E-state index is -3.90. The monoisotopic (exact) mass is 429 g/mol. The number of aliphatic carboxylic acids is 1. The number of nitrogens with one attached hydrogen (secondary N) is 1. The van der Waals surface area contributed by atoms with Gasteiger partial charge in [-0.05, 0) is 18.4 Å². The van der Waals surface area contributed by atoms with Gasteiger partial charge in [0.05, 0.1) is 18.5 Å². The van der Waals surface area contributed by atoms with E-state index in [-0.39, 0.29) is 37.7 Å². The number of amides is 1. The predicted octanol–water partition coefficient (Wildman–Crippen LogP) is 2.33. The highest BCUT2D eigenvalue weighted by Gasteiger charge is 2.44. The first-order valence-corrected chi connectivity index (χ1v) is 11.1. The molecular weight excluding hydrogens is 398 g/mol. The van der Waals surface area contributed by atoms with Crippen molar-refractivity contribution in [1.82, 2.24) is 5.32 Å². The zero-order valence-corrected chi connectivity index (χ0v) is 18.2. The molecule has 164 valence electrons. The van der Waals surface area contributed by atoms with Gasteiger partial charge in [-0.3, -0.25) is 8.98 Å². The van der Waals surface area contributed by atoms with Crippen molar-refractivity contribution in [3.63, 3.8) is 0 Å². The van der Waals surface area contributed by atoms with Gasteiger partial charge in [0.15, 0.2) is 6.10 Å². The molecule has 1 amide bonds. The van der Waals surface area contributed by atoms with Crippen LogP contribution in [0.4, 0.5) is 0 Å². The molecule has 2 N–H and O–H groups in total. The van der Waals surface area contributed by atoms with E-state index in [2.05, 4.69) is 5.32 Å². The van der Waals surface area contributed by atoms with Crippen molar-refractivity contribution in [2.24, 2.45) is 5.41 Å². The third-order valence-electron chi connectivity index (χ3n) is 4.57. The summed E-state index contributed by atoms with van der Waals surface area (Å²) in [4.78, 5) is 22.7. The number of carbonyl (C=O) groups excluding carboxylic acids is 1. The van der Waals surface area contributed by atoms with E-state index in [0.29, 0.717) is 0 Å². The second-order valence-electron chi connectivity index (χ2n) is 7.43. The fourth-order valence-corrected chi connectivity index (χ4v) is 4.32. The lowest BCUT2D eigenvalue weighted by Crippen LogP contribution is -2.48. The van der Waals surface area contributed by atoms with Gasteiger partial charge in [-0.25, -0.2) is 4.79 Å². The summed E-state index contributed by atoms with van der Waals surface area (Å²) < 4.78 is 35.7. The van der Waals surface area contributed by atoms with Gasteiger partial charge in [0, 0.05) is 18.9 Å². The van der Waals surface area contributed by atoms with E-state index in [1.807, 2.05) is 30.3 Å². The molecule has 0 radical (unpaired) electrons. The van der Waals surface area contributed by atoms with E-state index in [0.717, 1.165) is 5.56 Å². The lowest BCUT2D eigenvalue weighted by atomic mass is 9.79. The Labute approximate surface area is 172 Å². The zero-order valence-electron chi connectivity index (χ0n) is 17.4. The second-order valence-corrected chi connectivity index (χ2v) is 9.14. The molecule has 1 unspecified atom stereocenters. The molecule has 0 fully saturated rings. The molecule has 29 heavy (non-hydrogen) atoms. The largest absolute Gasteiger partial charge is 0.479 e. The fraction of sp³-hybridized carbons (Fsp3) is 0.600. The molecule has 0 aromatic heterocycles. The van der Waals surface area contributed by atoms with Crippen LogP contribution in [0.3, 0.4) is 0 Å². The van der Waals surface area contributed by atoms with Crippen LogP contribution in [0, 0.1) is 5.41 Å². The molecule has 8 nitrogen and oxygen atoms in total. The molecule has 9 heteroatoms. The van der Waals surface area contributed by atoms with Crippen molar-refractivity contribution in [2.75, 3.05) is 12.3 Å². The normalized spacial score (nSPS) is 14.2. The highest BCUT2D eigenvalue weighted by Crippen LogP contribution is 2.34. The van der Waals surface area contributed by atoms with Crippen LogP contribution in [0.5, 0.6) is 0 Å². The average molecular weight is 430 g/mol. The third kappa shape index (κ3) is 8.51. The van der Waals surface area contributed by atoms with Gasteiger partial charge in [0.2, 0.25) is 5.91 Å². The van der Waals surface area contributed by atoms with Crippen LogP contribution in [-0.2, 0) is 35.2 Å². The number of ether oxygens (including phenoxy) is 1. The van der Waals surface area contributed by atoms with Crippen molar-refractivity contribution in [2.45, 2.75) is 59.4 Å². The summed E-state index contributed by atoms with van der Waals surface area (Å²) in [5.74, 6) is -1.70. The Kier molecular flexibility index (Phi) is 9.75. The van der Waals surface area contributed by atoms with Crippen LogP contribution in [0.25, 0.3) is 0 Å². The maximum absolute atomic E-state index is 12.3. The first kappa shape index (κ1) is 25.1. The molecule has 0 saturated heterocycles. The summed E-state index contributed by atoms with van der Waals surface area (Å²) in [7, 11) is -3.90.